The molecule has 2 aromatic rings. The second-order valence-corrected chi connectivity index (χ2v) is 5.25. The summed E-state index contributed by atoms with van der Waals surface area (Å²) < 4.78 is 6.77. The van der Waals surface area contributed by atoms with Gasteiger partial charge in [-0.3, -0.25) is 0 Å². The molecule has 0 saturated carbocycles. The third-order valence-corrected chi connectivity index (χ3v) is 3.34. The zero-order valence-corrected chi connectivity index (χ0v) is 12.1. The molecule has 2 aromatic carbocycles. The minimum absolute atomic E-state index is 0.0464. The highest BCUT2D eigenvalue weighted by Gasteiger charge is 2.04. The summed E-state index contributed by atoms with van der Waals surface area (Å²) in [7, 11) is 0. The topological polar surface area (TPSA) is 35.2 Å². The fourth-order valence-corrected chi connectivity index (χ4v) is 2.23. The van der Waals surface area contributed by atoms with Crippen LogP contribution in [0.4, 0.5) is 0 Å². The molecular formula is C15H16BrNO. The Morgan fingerprint density at radius 3 is 2.33 bits per heavy atom. The number of hydrogen-bond acceptors (Lipinski definition) is 2. The lowest BCUT2D eigenvalue weighted by Crippen LogP contribution is -2.04. The predicted octanol–water partition coefficient (Wildman–Crippen LogP) is 4.57. The van der Waals surface area contributed by atoms with E-state index in [0.29, 0.717) is 0 Å². The van der Waals surface area contributed by atoms with Gasteiger partial charge in [-0.1, -0.05) is 18.2 Å². The first kappa shape index (κ1) is 13.1. The van der Waals surface area contributed by atoms with Crippen LogP contribution in [0.1, 0.15) is 24.1 Å². The number of nitrogens with two attached hydrogens (primary N) is 1. The minimum Gasteiger partial charge on any atom is -0.456 e. The molecule has 1 atom stereocenters. The van der Waals surface area contributed by atoms with Gasteiger partial charge in [0.05, 0.1) is 4.47 Å². The van der Waals surface area contributed by atoms with Crippen molar-refractivity contribution in [3.8, 4) is 11.5 Å². The van der Waals surface area contributed by atoms with Gasteiger partial charge in [0.15, 0.2) is 0 Å². The first-order valence-corrected chi connectivity index (χ1v) is 6.65. The third kappa shape index (κ3) is 3.12. The maximum Gasteiger partial charge on any atom is 0.141 e. The van der Waals surface area contributed by atoms with Crippen LogP contribution in [0.5, 0.6) is 11.5 Å². The van der Waals surface area contributed by atoms with E-state index in [1.54, 1.807) is 0 Å². The number of aryl methyl sites for hydroxylation is 1. The molecule has 0 fully saturated rings. The van der Waals surface area contributed by atoms with Crippen LogP contribution in [0, 0.1) is 6.92 Å². The highest BCUT2D eigenvalue weighted by Crippen LogP contribution is 2.30. The second kappa shape index (κ2) is 5.55. The third-order valence-electron chi connectivity index (χ3n) is 2.72. The molecule has 0 aliphatic rings. The summed E-state index contributed by atoms with van der Waals surface area (Å²) in [5.41, 5.74) is 8.11. The molecule has 0 aliphatic heterocycles. The Morgan fingerprint density at radius 2 is 1.78 bits per heavy atom. The molecule has 3 heteroatoms. The van der Waals surface area contributed by atoms with E-state index in [1.807, 2.05) is 56.3 Å². The van der Waals surface area contributed by atoms with Crippen molar-refractivity contribution in [2.45, 2.75) is 19.9 Å². The maximum absolute atomic E-state index is 5.81. The van der Waals surface area contributed by atoms with Crippen molar-refractivity contribution in [3.63, 3.8) is 0 Å². The van der Waals surface area contributed by atoms with Crippen molar-refractivity contribution in [2.24, 2.45) is 5.73 Å². The van der Waals surface area contributed by atoms with E-state index in [0.717, 1.165) is 21.5 Å². The van der Waals surface area contributed by atoms with Crippen molar-refractivity contribution in [3.05, 3.63) is 58.1 Å². The smallest absolute Gasteiger partial charge is 0.141 e. The Morgan fingerprint density at radius 1 is 1.11 bits per heavy atom. The molecule has 0 heterocycles. The summed E-state index contributed by atoms with van der Waals surface area (Å²) in [5.74, 6) is 1.62. The van der Waals surface area contributed by atoms with Crippen LogP contribution in [0.2, 0.25) is 0 Å². The lowest BCUT2D eigenvalue weighted by molar-refractivity contribution is 0.479. The van der Waals surface area contributed by atoms with Gasteiger partial charge in [0, 0.05) is 6.04 Å². The van der Waals surface area contributed by atoms with E-state index in [2.05, 4.69) is 15.9 Å². The number of halogens is 1. The van der Waals surface area contributed by atoms with Gasteiger partial charge >= 0.3 is 0 Å². The molecule has 2 rings (SSSR count). The largest absolute Gasteiger partial charge is 0.456 e. The maximum atomic E-state index is 5.81. The Labute approximate surface area is 116 Å². The van der Waals surface area contributed by atoms with Gasteiger partial charge in [0.25, 0.3) is 0 Å². The summed E-state index contributed by atoms with van der Waals surface area (Å²) in [4.78, 5) is 0. The van der Waals surface area contributed by atoms with E-state index in [9.17, 15) is 0 Å². The zero-order valence-electron chi connectivity index (χ0n) is 10.5. The quantitative estimate of drug-likeness (QED) is 0.901. The molecule has 0 spiro atoms. The van der Waals surface area contributed by atoms with Crippen LogP contribution >= 0.6 is 15.9 Å². The van der Waals surface area contributed by atoms with Crippen molar-refractivity contribution in [1.82, 2.24) is 0 Å². The Kier molecular flexibility index (Phi) is 4.04. The van der Waals surface area contributed by atoms with E-state index >= 15 is 0 Å². The van der Waals surface area contributed by atoms with Crippen LogP contribution in [0.3, 0.4) is 0 Å². The molecule has 94 valence electrons. The number of ether oxygens (including phenoxy) is 1. The number of rotatable bonds is 3. The lowest BCUT2D eigenvalue weighted by Gasteiger charge is -2.10. The lowest BCUT2D eigenvalue weighted by atomic mass is 10.1. The molecule has 0 aliphatic carbocycles. The van der Waals surface area contributed by atoms with E-state index in [-0.39, 0.29) is 6.04 Å². The normalized spacial score (nSPS) is 12.2. The van der Waals surface area contributed by atoms with Crippen LogP contribution in [0.15, 0.2) is 46.9 Å². The van der Waals surface area contributed by atoms with Gasteiger partial charge in [-0.15, -0.1) is 0 Å². The van der Waals surface area contributed by atoms with Gasteiger partial charge < -0.3 is 10.5 Å². The standard InChI is InChI=1S/C15H16BrNO/c1-10-3-8-15(14(16)9-10)18-13-6-4-12(5-7-13)11(2)17/h3-9,11H,17H2,1-2H3. The van der Waals surface area contributed by atoms with E-state index in [4.69, 9.17) is 10.5 Å². The Hall–Kier alpha value is -1.32. The molecule has 1 unspecified atom stereocenters. The summed E-state index contributed by atoms with van der Waals surface area (Å²) in [6.07, 6.45) is 0. The average molecular weight is 306 g/mol. The van der Waals surface area contributed by atoms with Gasteiger partial charge in [-0.05, 0) is 65.2 Å². The molecule has 0 bridgehead atoms. The number of benzene rings is 2. The molecular weight excluding hydrogens is 290 g/mol. The average Bonchev–Trinajstić information content (AvgIpc) is 2.33. The summed E-state index contributed by atoms with van der Waals surface area (Å²) in [6.45, 7) is 4.01. The van der Waals surface area contributed by atoms with E-state index < -0.39 is 0 Å². The summed E-state index contributed by atoms with van der Waals surface area (Å²) in [6, 6.07) is 13.9. The molecule has 18 heavy (non-hydrogen) atoms. The van der Waals surface area contributed by atoms with Gasteiger partial charge in [0.2, 0.25) is 0 Å². The molecule has 0 saturated heterocycles. The molecule has 2 nitrogen and oxygen atoms in total. The molecule has 0 aromatic heterocycles. The number of hydrogen-bond donors (Lipinski definition) is 1. The van der Waals surface area contributed by atoms with Gasteiger partial charge in [-0.25, -0.2) is 0 Å². The molecule has 0 radical (unpaired) electrons. The van der Waals surface area contributed by atoms with Crippen LogP contribution < -0.4 is 10.5 Å². The van der Waals surface area contributed by atoms with Gasteiger partial charge in [-0.2, -0.15) is 0 Å². The van der Waals surface area contributed by atoms with Crippen molar-refractivity contribution in [2.75, 3.05) is 0 Å². The van der Waals surface area contributed by atoms with Crippen LogP contribution in [-0.4, -0.2) is 0 Å². The zero-order chi connectivity index (χ0) is 13.1. The van der Waals surface area contributed by atoms with Crippen LogP contribution in [0.25, 0.3) is 0 Å². The molecule has 0 amide bonds. The monoisotopic (exact) mass is 305 g/mol. The summed E-state index contributed by atoms with van der Waals surface area (Å²) >= 11 is 3.50. The fourth-order valence-electron chi connectivity index (χ4n) is 1.66. The summed E-state index contributed by atoms with van der Waals surface area (Å²) in [5, 5.41) is 0. The first-order valence-electron chi connectivity index (χ1n) is 5.86. The van der Waals surface area contributed by atoms with Crippen molar-refractivity contribution >= 4 is 15.9 Å². The highest BCUT2D eigenvalue weighted by molar-refractivity contribution is 9.10. The first-order chi connectivity index (χ1) is 8.56. The SMILES string of the molecule is Cc1ccc(Oc2ccc(C(C)N)cc2)c(Br)c1. The van der Waals surface area contributed by atoms with Crippen molar-refractivity contribution < 1.29 is 4.74 Å². The minimum atomic E-state index is 0.0464. The van der Waals surface area contributed by atoms with Crippen molar-refractivity contribution in [1.29, 1.82) is 0 Å². The van der Waals surface area contributed by atoms with Gasteiger partial charge in [0.1, 0.15) is 11.5 Å². The van der Waals surface area contributed by atoms with E-state index in [1.165, 1.54) is 5.56 Å². The Bertz CT molecular complexity index is 535. The second-order valence-electron chi connectivity index (χ2n) is 4.39. The predicted molar refractivity (Wildman–Crippen MR) is 78.0 cm³/mol. The fraction of sp³-hybridized carbons (Fsp3) is 0.200. The Balaban J connectivity index is 2.18. The van der Waals surface area contributed by atoms with Crippen LogP contribution in [-0.2, 0) is 0 Å². The highest BCUT2D eigenvalue weighted by atomic mass is 79.9. The molecule has 2 N–H and O–H groups in total.